The predicted octanol–water partition coefficient (Wildman–Crippen LogP) is 4.31. The molecule has 3 aromatic rings. The van der Waals surface area contributed by atoms with Crippen LogP contribution in [0.5, 0.6) is 0 Å². The average Bonchev–Trinajstić information content (AvgIpc) is 3.24. The van der Waals surface area contributed by atoms with Crippen molar-refractivity contribution in [2.45, 2.75) is 26.1 Å². The molecule has 2 amide bonds. The zero-order chi connectivity index (χ0) is 21.1. The number of thiazole rings is 1. The lowest BCUT2D eigenvalue weighted by Gasteiger charge is -2.35. The normalized spacial score (nSPS) is 18.8. The second-order valence-electron chi connectivity index (χ2n) is 7.37. The molecule has 0 saturated carbocycles. The summed E-state index contributed by atoms with van der Waals surface area (Å²) in [5.41, 5.74) is 2.24. The lowest BCUT2D eigenvalue weighted by molar-refractivity contribution is -0.0585. The molecular formula is C23H23N3O3S. The summed E-state index contributed by atoms with van der Waals surface area (Å²) < 4.78 is 5.72. The minimum absolute atomic E-state index is 0.0223. The predicted molar refractivity (Wildman–Crippen MR) is 118 cm³/mol. The Labute approximate surface area is 179 Å². The molecule has 1 fully saturated rings. The first kappa shape index (κ1) is 20.3. The molecule has 2 aromatic carbocycles. The van der Waals surface area contributed by atoms with Gasteiger partial charge < -0.3 is 15.0 Å². The van der Waals surface area contributed by atoms with E-state index in [0.717, 1.165) is 10.6 Å². The molecule has 1 aliphatic heterocycles. The number of rotatable bonds is 4. The number of morpholine rings is 1. The summed E-state index contributed by atoms with van der Waals surface area (Å²) in [5.74, 6) is -0.450. The molecule has 0 bridgehead atoms. The van der Waals surface area contributed by atoms with Crippen molar-refractivity contribution in [3.8, 4) is 10.6 Å². The molecule has 7 heteroatoms. The Bertz CT molecular complexity index is 1040. The van der Waals surface area contributed by atoms with E-state index in [9.17, 15) is 9.59 Å². The standard InChI is InChI=1S/C23H23N3O3S/c1-15-12-26(13-16(2)29-15)23(28)18-10-6-7-11-19(18)24-21(27)20-14-30-22(25-20)17-8-4-3-5-9-17/h3-11,14-16H,12-13H2,1-2H3,(H,24,27)/t15-,16+. The summed E-state index contributed by atoms with van der Waals surface area (Å²) in [5, 5.41) is 5.37. The summed E-state index contributed by atoms with van der Waals surface area (Å²) in [6.45, 7) is 4.96. The minimum atomic E-state index is -0.336. The number of anilines is 1. The van der Waals surface area contributed by atoms with Crippen molar-refractivity contribution in [1.82, 2.24) is 9.88 Å². The van der Waals surface area contributed by atoms with E-state index >= 15 is 0 Å². The number of nitrogens with one attached hydrogen (secondary N) is 1. The molecule has 1 N–H and O–H groups in total. The Morgan fingerprint density at radius 3 is 2.43 bits per heavy atom. The van der Waals surface area contributed by atoms with Crippen LogP contribution in [0.1, 0.15) is 34.7 Å². The quantitative estimate of drug-likeness (QED) is 0.681. The van der Waals surface area contributed by atoms with E-state index in [2.05, 4.69) is 10.3 Å². The fraction of sp³-hybridized carbons (Fsp3) is 0.261. The van der Waals surface area contributed by atoms with Crippen LogP contribution >= 0.6 is 11.3 Å². The largest absolute Gasteiger partial charge is 0.372 e. The Balaban J connectivity index is 1.52. The summed E-state index contributed by atoms with van der Waals surface area (Å²) in [4.78, 5) is 32.2. The smallest absolute Gasteiger partial charge is 0.275 e. The number of amides is 2. The molecule has 4 rings (SSSR count). The third-order valence-corrected chi connectivity index (χ3v) is 5.76. The molecule has 0 aliphatic carbocycles. The van der Waals surface area contributed by atoms with Gasteiger partial charge in [-0.1, -0.05) is 42.5 Å². The van der Waals surface area contributed by atoms with Crippen molar-refractivity contribution < 1.29 is 14.3 Å². The number of aromatic nitrogens is 1. The Morgan fingerprint density at radius 2 is 1.70 bits per heavy atom. The van der Waals surface area contributed by atoms with E-state index in [1.54, 1.807) is 34.5 Å². The van der Waals surface area contributed by atoms with Crippen LogP contribution in [0.3, 0.4) is 0 Å². The second kappa shape index (κ2) is 8.77. The van der Waals surface area contributed by atoms with Gasteiger partial charge in [-0.25, -0.2) is 4.98 Å². The molecule has 1 aromatic heterocycles. The van der Waals surface area contributed by atoms with E-state index < -0.39 is 0 Å². The first-order valence-corrected chi connectivity index (χ1v) is 10.8. The highest BCUT2D eigenvalue weighted by Crippen LogP contribution is 2.25. The van der Waals surface area contributed by atoms with Crippen LogP contribution in [-0.4, -0.2) is 47.0 Å². The first-order chi connectivity index (χ1) is 14.5. The number of benzene rings is 2. The van der Waals surface area contributed by atoms with Gasteiger partial charge in [-0.2, -0.15) is 0 Å². The number of ether oxygens (including phenoxy) is 1. The van der Waals surface area contributed by atoms with Crippen LogP contribution in [-0.2, 0) is 4.74 Å². The summed E-state index contributed by atoms with van der Waals surface area (Å²) >= 11 is 1.41. The van der Waals surface area contributed by atoms with Crippen molar-refractivity contribution in [2.75, 3.05) is 18.4 Å². The van der Waals surface area contributed by atoms with Gasteiger partial charge in [0.2, 0.25) is 0 Å². The van der Waals surface area contributed by atoms with Gasteiger partial charge in [-0.05, 0) is 26.0 Å². The lowest BCUT2D eigenvalue weighted by Crippen LogP contribution is -2.48. The van der Waals surface area contributed by atoms with Gasteiger partial charge >= 0.3 is 0 Å². The van der Waals surface area contributed by atoms with Gasteiger partial charge in [0.15, 0.2) is 0 Å². The van der Waals surface area contributed by atoms with E-state index in [1.807, 2.05) is 44.2 Å². The maximum atomic E-state index is 13.1. The second-order valence-corrected chi connectivity index (χ2v) is 8.23. The molecule has 0 unspecified atom stereocenters. The topological polar surface area (TPSA) is 71.5 Å². The number of nitrogens with zero attached hydrogens (tertiary/aromatic N) is 2. The SMILES string of the molecule is C[C@@H]1CN(C(=O)c2ccccc2NC(=O)c2csc(-c3ccccc3)n2)C[C@H](C)O1. The van der Waals surface area contributed by atoms with Gasteiger partial charge in [0.25, 0.3) is 11.8 Å². The zero-order valence-corrected chi connectivity index (χ0v) is 17.7. The Kier molecular flexibility index (Phi) is 5.92. The van der Waals surface area contributed by atoms with Crippen molar-refractivity contribution >= 4 is 28.8 Å². The Hall–Kier alpha value is -3.03. The van der Waals surface area contributed by atoms with E-state index in [4.69, 9.17) is 4.74 Å². The Morgan fingerprint density at radius 1 is 1.03 bits per heavy atom. The van der Waals surface area contributed by atoms with Gasteiger partial charge in [0.1, 0.15) is 10.7 Å². The number of para-hydroxylation sites is 1. The van der Waals surface area contributed by atoms with E-state index in [0.29, 0.717) is 30.0 Å². The highest BCUT2D eigenvalue weighted by atomic mass is 32.1. The maximum absolute atomic E-state index is 13.1. The van der Waals surface area contributed by atoms with E-state index in [1.165, 1.54) is 11.3 Å². The van der Waals surface area contributed by atoms with E-state index in [-0.39, 0.29) is 24.0 Å². The zero-order valence-electron chi connectivity index (χ0n) is 16.9. The number of carbonyl (C=O) groups is 2. The molecule has 1 aliphatic rings. The van der Waals surface area contributed by atoms with Crippen LogP contribution in [0.4, 0.5) is 5.69 Å². The molecule has 2 heterocycles. The molecule has 1 saturated heterocycles. The monoisotopic (exact) mass is 421 g/mol. The molecule has 0 spiro atoms. The highest BCUT2D eigenvalue weighted by molar-refractivity contribution is 7.13. The van der Waals surface area contributed by atoms with Gasteiger partial charge in [0, 0.05) is 24.0 Å². The van der Waals surface area contributed by atoms with Crippen LogP contribution in [0.15, 0.2) is 60.0 Å². The summed E-state index contributed by atoms with van der Waals surface area (Å²) in [6.07, 6.45) is -0.0447. The molecule has 2 atom stereocenters. The fourth-order valence-electron chi connectivity index (χ4n) is 3.57. The first-order valence-electron chi connectivity index (χ1n) is 9.87. The molecule has 154 valence electrons. The number of carbonyl (C=O) groups excluding carboxylic acids is 2. The molecule has 0 radical (unpaired) electrons. The molecule has 6 nitrogen and oxygen atoms in total. The number of hydrogen-bond donors (Lipinski definition) is 1. The lowest BCUT2D eigenvalue weighted by atomic mass is 10.1. The van der Waals surface area contributed by atoms with Crippen molar-refractivity contribution in [2.24, 2.45) is 0 Å². The molecule has 30 heavy (non-hydrogen) atoms. The maximum Gasteiger partial charge on any atom is 0.275 e. The molecular weight excluding hydrogens is 398 g/mol. The van der Waals surface area contributed by atoms with Crippen molar-refractivity contribution in [1.29, 1.82) is 0 Å². The fourth-order valence-corrected chi connectivity index (χ4v) is 4.38. The van der Waals surface area contributed by atoms with Crippen LogP contribution in [0.25, 0.3) is 10.6 Å². The van der Waals surface area contributed by atoms with Crippen LogP contribution in [0, 0.1) is 0 Å². The van der Waals surface area contributed by atoms with Gasteiger partial charge in [-0.15, -0.1) is 11.3 Å². The summed E-state index contributed by atoms with van der Waals surface area (Å²) in [6, 6.07) is 16.8. The van der Waals surface area contributed by atoms with Crippen molar-refractivity contribution in [3.05, 3.63) is 71.2 Å². The van der Waals surface area contributed by atoms with Crippen molar-refractivity contribution in [3.63, 3.8) is 0 Å². The third kappa shape index (κ3) is 4.42. The van der Waals surface area contributed by atoms with Gasteiger partial charge in [0.05, 0.1) is 23.5 Å². The van der Waals surface area contributed by atoms with Crippen LogP contribution < -0.4 is 5.32 Å². The average molecular weight is 422 g/mol. The van der Waals surface area contributed by atoms with Gasteiger partial charge in [-0.3, -0.25) is 9.59 Å². The highest BCUT2D eigenvalue weighted by Gasteiger charge is 2.28. The third-order valence-electron chi connectivity index (χ3n) is 4.87. The number of hydrogen-bond acceptors (Lipinski definition) is 5. The minimum Gasteiger partial charge on any atom is -0.372 e. The summed E-state index contributed by atoms with van der Waals surface area (Å²) in [7, 11) is 0. The van der Waals surface area contributed by atoms with Crippen LogP contribution in [0.2, 0.25) is 0 Å².